The number of phenols is 2. The van der Waals surface area contributed by atoms with Crippen LogP contribution in [0.1, 0.15) is 12.5 Å². The minimum atomic E-state index is -1.43. The van der Waals surface area contributed by atoms with Gasteiger partial charge in [-0.05, 0) is 13.0 Å². The van der Waals surface area contributed by atoms with E-state index in [4.69, 9.17) is 15.7 Å². The summed E-state index contributed by atoms with van der Waals surface area (Å²) in [5, 5.41) is 28.4. The Labute approximate surface area is 104 Å². The molecule has 0 radical (unpaired) electrons. The number of hydrogen-bond donors (Lipinski definition) is 5. The highest BCUT2D eigenvalue weighted by Crippen LogP contribution is 2.39. The van der Waals surface area contributed by atoms with Gasteiger partial charge in [-0.3, -0.25) is 10.6 Å². The summed E-state index contributed by atoms with van der Waals surface area (Å²) < 4.78 is 4.83. The highest BCUT2D eigenvalue weighted by atomic mass is 16.5. The number of nitrogens with one attached hydrogen (secondary N) is 1. The number of hydrogen-bond acceptors (Lipinski definition) is 6. The normalized spacial score (nSPS) is 13.9. The molecule has 0 aliphatic rings. The van der Waals surface area contributed by atoms with Crippen LogP contribution in [0, 0.1) is 0 Å². The number of rotatable bonds is 5. The fourth-order valence-electron chi connectivity index (χ4n) is 1.51. The molecular weight excluding hydrogens is 240 g/mol. The summed E-state index contributed by atoms with van der Waals surface area (Å²) in [6.45, 7) is 1.38. The Bertz CT molecular complexity index is 463. The number of methoxy groups -OCH3 is 1. The van der Waals surface area contributed by atoms with E-state index < -0.39 is 11.5 Å². The summed E-state index contributed by atoms with van der Waals surface area (Å²) in [4.78, 5) is 11.1. The number of nitrogens with two attached hydrogens (primary N) is 1. The van der Waals surface area contributed by atoms with Crippen LogP contribution in [0.15, 0.2) is 12.1 Å². The third kappa shape index (κ3) is 2.47. The lowest BCUT2D eigenvalue weighted by Crippen LogP contribution is -2.54. The molecule has 18 heavy (non-hydrogen) atoms. The maximum absolute atomic E-state index is 11.1. The van der Waals surface area contributed by atoms with E-state index in [1.54, 1.807) is 0 Å². The van der Waals surface area contributed by atoms with E-state index in [1.165, 1.54) is 26.2 Å². The van der Waals surface area contributed by atoms with Crippen molar-refractivity contribution in [1.82, 2.24) is 5.43 Å². The molecule has 1 aromatic carbocycles. The molecule has 0 amide bonds. The molecule has 1 unspecified atom stereocenters. The van der Waals surface area contributed by atoms with E-state index in [2.05, 4.69) is 5.43 Å². The number of carboxylic acid groups (broad SMARTS) is 1. The summed E-state index contributed by atoms with van der Waals surface area (Å²) in [5.74, 6) is 3.43. The van der Waals surface area contributed by atoms with Gasteiger partial charge in [0.15, 0.2) is 11.5 Å². The second kappa shape index (κ2) is 5.11. The Kier molecular flexibility index (Phi) is 4.00. The topological polar surface area (TPSA) is 125 Å². The number of aliphatic carboxylic acids is 1. The van der Waals surface area contributed by atoms with Crippen LogP contribution in [-0.4, -0.2) is 33.9 Å². The number of ether oxygens (including phenoxy) is 1. The molecule has 0 saturated carbocycles. The van der Waals surface area contributed by atoms with E-state index in [1.807, 2.05) is 0 Å². The van der Waals surface area contributed by atoms with Gasteiger partial charge in [0.1, 0.15) is 5.54 Å². The SMILES string of the molecule is COc1c(O)ccc(CC(C)(NN)C(=O)O)c1O. The Hall–Kier alpha value is -1.99. The van der Waals surface area contributed by atoms with E-state index >= 15 is 0 Å². The maximum Gasteiger partial charge on any atom is 0.325 e. The molecule has 1 atom stereocenters. The average molecular weight is 256 g/mol. The third-order valence-corrected chi connectivity index (χ3v) is 2.73. The summed E-state index contributed by atoms with van der Waals surface area (Å²) >= 11 is 0. The average Bonchev–Trinajstić information content (AvgIpc) is 2.33. The highest BCUT2D eigenvalue weighted by molar-refractivity contribution is 5.79. The molecule has 0 aliphatic carbocycles. The summed E-state index contributed by atoms with van der Waals surface area (Å²) in [6, 6.07) is 2.72. The quantitative estimate of drug-likeness (QED) is 0.369. The van der Waals surface area contributed by atoms with Gasteiger partial charge in [0.25, 0.3) is 0 Å². The van der Waals surface area contributed by atoms with Gasteiger partial charge in [-0.2, -0.15) is 0 Å². The second-order valence-electron chi connectivity index (χ2n) is 4.08. The number of hydrazine groups is 1. The molecule has 1 rings (SSSR count). The van der Waals surface area contributed by atoms with Crippen molar-refractivity contribution in [2.45, 2.75) is 18.9 Å². The molecule has 0 spiro atoms. The van der Waals surface area contributed by atoms with Gasteiger partial charge < -0.3 is 20.1 Å². The van der Waals surface area contributed by atoms with Gasteiger partial charge in [0.05, 0.1) is 7.11 Å². The predicted octanol–water partition coefficient (Wildman–Crippen LogP) is -0.0445. The molecule has 0 aliphatic heterocycles. The van der Waals surface area contributed by atoms with Crippen molar-refractivity contribution < 1.29 is 24.9 Å². The van der Waals surface area contributed by atoms with Crippen LogP contribution in [0.2, 0.25) is 0 Å². The number of carboxylic acids is 1. The predicted molar refractivity (Wildman–Crippen MR) is 63.4 cm³/mol. The Balaban J connectivity index is 3.16. The first-order valence-corrected chi connectivity index (χ1v) is 5.14. The maximum atomic E-state index is 11.1. The van der Waals surface area contributed by atoms with Gasteiger partial charge >= 0.3 is 5.97 Å². The molecule has 100 valence electrons. The van der Waals surface area contributed by atoms with Crippen molar-refractivity contribution in [2.75, 3.05) is 7.11 Å². The second-order valence-corrected chi connectivity index (χ2v) is 4.08. The Morgan fingerprint density at radius 2 is 2.11 bits per heavy atom. The summed E-state index contributed by atoms with van der Waals surface area (Å²) in [6.07, 6.45) is -0.0681. The first kappa shape index (κ1) is 14.1. The number of phenolic OH excluding ortho intramolecular Hbond substituents is 2. The van der Waals surface area contributed by atoms with Crippen molar-refractivity contribution in [1.29, 1.82) is 0 Å². The molecule has 0 saturated heterocycles. The molecular formula is C11H16N2O5. The Morgan fingerprint density at radius 1 is 1.50 bits per heavy atom. The largest absolute Gasteiger partial charge is 0.504 e. The zero-order valence-electron chi connectivity index (χ0n) is 10.1. The van der Waals surface area contributed by atoms with Crippen molar-refractivity contribution in [3.63, 3.8) is 0 Å². The molecule has 0 bridgehead atoms. The highest BCUT2D eigenvalue weighted by Gasteiger charge is 2.33. The zero-order valence-corrected chi connectivity index (χ0v) is 10.1. The first-order valence-electron chi connectivity index (χ1n) is 5.14. The van der Waals surface area contributed by atoms with Gasteiger partial charge in [-0.15, -0.1) is 0 Å². The fraction of sp³-hybridized carbons (Fsp3) is 0.364. The third-order valence-electron chi connectivity index (χ3n) is 2.73. The van der Waals surface area contributed by atoms with E-state index in [0.717, 1.165) is 0 Å². The van der Waals surface area contributed by atoms with Gasteiger partial charge in [-0.1, -0.05) is 6.07 Å². The van der Waals surface area contributed by atoms with Crippen molar-refractivity contribution in [3.8, 4) is 17.2 Å². The lowest BCUT2D eigenvalue weighted by molar-refractivity contribution is -0.144. The fourth-order valence-corrected chi connectivity index (χ4v) is 1.51. The van der Waals surface area contributed by atoms with Crippen molar-refractivity contribution >= 4 is 5.97 Å². The van der Waals surface area contributed by atoms with E-state index in [-0.39, 0.29) is 23.7 Å². The van der Waals surface area contributed by atoms with Crippen LogP contribution < -0.4 is 16.0 Å². The monoisotopic (exact) mass is 256 g/mol. The van der Waals surface area contributed by atoms with Gasteiger partial charge in [0, 0.05) is 12.0 Å². The Morgan fingerprint density at radius 3 is 2.56 bits per heavy atom. The lowest BCUT2D eigenvalue weighted by Gasteiger charge is -2.24. The first-order chi connectivity index (χ1) is 8.35. The zero-order chi connectivity index (χ0) is 13.9. The van der Waals surface area contributed by atoms with Crippen LogP contribution in [0.4, 0.5) is 0 Å². The molecule has 0 fully saturated rings. The van der Waals surface area contributed by atoms with Crippen LogP contribution in [0.5, 0.6) is 17.2 Å². The van der Waals surface area contributed by atoms with Crippen molar-refractivity contribution in [3.05, 3.63) is 17.7 Å². The number of benzene rings is 1. The minimum Gasteiger partial charge on any atom is -0.504 e. The van der Waals surface area contributed by atoms with Gasteiger partial charge in [-0.25, -0.2) is 5.43 Å². The molecule has 1 aromatic rings. The van der Waals surface area contributed by atoms with Crippen LogP contribution >= 0.6 is 0 Å². The van der Waals surface area contributed by atoms with Crippen LogP contribution in [-0.2, 0) is 11.2 Å². The molecule has 0 aromatic heterocycles. The minimum absolute atomic E-state index is 0.0681. The van der Waals surface area contributed by atoms with E-state index in [9.17, 15) is 15.0 Å². The number of aromatic hydroxyl groups is 2. The standard InChI is InChI=1S/C11H16N2O5/c1-11(13-12,10(16)17)5-6-3-4-7(14)9(18-2)8(6)15/h3-4,13-15H,5,12H2,1-2H3,(H,16,17). The molecule has 6 N–H and O–H groups in total. The number of carbonyl (C=O) groups is 1. The lowest BCUT2D eigenvalue weighted by atomic mass is 9.93. The summed E-state index contributed by atoms with van der Waals surface area (Å²) in [5.41, 5.74) is 1.06. The van der Waals surface area contributed by atoms with E-state index in [0.29, 0.717) is 5.56 Å². The smallest absolute Gasteiger partial charge is 0.325 e. The van der Waals surface area contributed by atoms with Crippen LogP contribution in [0.25, 0.3) is 0 Å². The molecule has 0 heterocycles. The van der Waals surface area contributed by atoms with Gasteiger partial charge in [0.2, 0.25) is 5.75 Å². The summed E-state index contributed by atoms with van der Waals surface area (Å²) in [7, 11) is 1.29. The molecule has 7 nitrogen and oxygen atoms in total. The van der Waals surface area contributed by atoms with Crippen molar-refractivity contribution in [2.24, 2.45) is 5.84 Å². The van der Waals surface area contributed by atoms with Crippen LogP contribution in [0.3, 0.4) is 0 Å². The molecule has 7 heteroatoms.